The van der Waals surface area contributed by atoms with Gasteiger partial charge in [0.25, 0.3) is 11.8 Å². The number of nitrogens with one attached hydrogen (secondary N) is 2. The topological polar surface area (TPSA) is 107 Å². The van der Waals surface area contributed by atoms with Gasteiger partial charge in [0.2, 0.25) is 0 Å². The Morgan fingerprint density at radius 2 is 1.67 bits per heavy atom. The summed E-state index contributed by atoms with van der Waals surface area (Å²) in [6, 6.07) is 18.4. The maximum absolute atomic E-state index is 13.5. The van der Waals surface area contributed by atoms with Gasteiger partial charge in [0.1, 0.15) is 12.4 Å². The summed E-state index contributed by atoms with van der Waals surface area (Å²) in [6.07, 6.45) is 1.14. The lowest BCUT2D eigenvalue weighted by Crippen LogP contribution is -2.33. The zero-order valence-corrected chi connectivity index (χ0v) is 28.5. The monoisotopic (exact) mass is 629 g/mol. The number of rotatable bonds is 17. The Labute approximate surface area is 274 Å². The van der Waals surface area contributed by atoms with Gasteiger partial charge in [0, 0.05) is 31.7 Å². The number of anilines is 1. The molecule has 9 nitrogen and oxygen atoms in total. The lowest BCUT2D eigenvalue weighted by atomic mass is 10.1. The molecule has 248 valence electrons. The predicted molar refractivity (Wildman–Crippen MR) is 187 cm³/mol. The molecule has 0 saturated carbocycles. The summed E-state index contributed by atoms with van der Waals surface area (Å²) in [5.74, 6) is 0.152. The van der Waals surface area contributed by atoms with Crippen molar-refractivity contribution in [2.75, 3.05) is 44.6 Å². The third-order valence-corrected chi connectivity index (χ3v) is 7.71. The summed E-state index contributed by atoms with van der Waals surface area (Å²) in [5.41, 5.74) is 7.80. The molecule has 0 radical (unpaired) electrons. The smallest absolute Gasteiger partial charge is 0.273 e. The van der Waals surface area contributed by atoms with Crippen molar-refractivity contribution in [1.82, 2.24) is 15.2 Å². The maximum atomic E-state index is 13.5. The van der Waals surface area contributed by atoms with Crippen molar-refractivity contribution in [2.45, 2.75) is 61.1 Å². The minimum Gasteiger partial charge on any atom is -0.492 e. The molecule has 3 N–H and O–H groups in total. The lowest BCUT2D eigenvalue weighted by Gasteiger charge is -2.25. The molecule has 46 heavy (non-hydrogen) atoms. The summed E-state index contributed by atoms with van der Waals surface area (Å²) in [5, 5.41) is 17.1. The largest absolute Gasteiger partial charge is 0.492 e. The Bertz CT molecular complexity index is 1460. The first-order chi connectivity index (χ1) is 22.0. The van der Waals surface area contributed by atoms with Crippen molar-refractivity contribution < 1.29 is 19.4 Å². The SMILES string of the molecule is CCN(CC)CCOc1ccc(NC(=O)c2cccc(CN(CC(C)C)CC(C)O)c2)c(C(=O)NN=Cc2ccc(C)c(C)c2)c1. The number of hydrogen-bond donors (Lipinski definition) is 3. The van der Waals surface area contributed by atoms with E-state index in [9.17, 15) is 14.7 Å². The fraction of sp³-hybridized carbons (Fsp3) is 0.432. The van der Waals surface area contributed by atoms with Gasteiger partial charge >= 0.3 is 0 Å². The molecule has 0 saturated heterocycles. The molecule has 3 aromatic rings. The Morgan fingerprint density at radius 3 is 2.35 bits per heavy atom. The summed E-state index contributed by atoms with van der Waals surface area (Å²) in [7, 11) is 0. The molecule has 0 aliphatic heterocycles. The zero-order valence-electron chi connectivity index (χ0n) is 28.5. The van der Waals surface area contributed by atoms with Gasteiger partial charge in [-0.3, -0.25) is 14.5 Å². The Morgan fingerprint density at radius 1 is 0.913 bits per heavy atom. The number of likely N-dealkylation sites (N-methyl/N-ethyl adjacent to an activating group) is 1. The van der Waals surface area contributed by atoms with Gasteiger partial charge in [0.05, 0.1) is 23.6 Å². The first-order valence-corrected chi connectivity index (χ1v) is 16.2. The fourth-order valence-electron chi connectivity index (χ4n) is 5.17. The first kappa shape index (κ1) is 36.4. The molecule has 0 bridgehead atoms. The van der Waals surface area contributed by atoms with Crippen LogP contribution in [-0.2, 0) is 6.54 Å². The van der Waals surface area contributed by atoms with Gasteiger partial charge in [-0.15, -0.1) is 0 Å². The second-order valence-electron chi connectivity index (χ2n) is 12.2. The van der Waals surface area contributed by atoms with E-state index in [1.54, 1.807) is 37.4 Å². The van der Waals surface area contributed by atoms with Crippen molar-refractivity contribution in [3.05, 3.63) is 94.0 Å². The van der Waals surface area contributed by atoms with E-state index in [0.29, 0.717) is 42.6 Å². The fourth-order valence-corrected chi connectivity index (χ4v) is 5.17. The number of benzene rings is 3. The molecule has 1 atom stereocenters. The van der Waals surface area contributed by atoms with Gasteiger partial charge in [0.15, 0.2) is 0 Å². The summed E-state index contributed by atoms with van der Waals surface area (Å²) < 4.78 is 5.99. The van der Waals surface area contributed by atoms with Crippen molar-refractivity contribution in [3.63, 3.8) is 0 Å². The molecule has 3 aromatic carbocycles. The van der Waals surface area contributed by atoms with Crippen LogP contribution in [-0.4, -0.2) is 78.4 Å². The highest BCUT2D eigenvalue weighted by Crippen LogP contribution is 2.24. The van der Waals surface area contributed by atoms with Crippen LogP contribution in [0, 0.1) is 19.8 Å². The minimum absolute atomic E-state index is 0.238. The van der Waals surface area contributed by atoms with Crippen molar-refractivity contribution >= 4 is 23.7 Å². The Balaban J connectivity index is 1.81. The number of aliphatic hydroxyl groups excluding tert-OH is 1. The van der Waals surface area contributed by atoms with Gasteiger partial charge in [-0.1, -0.05) is 58.0 Å². The molecule has 0 spiro atoms. The number of nitrogens with zero attached hydrogens (tertiary/aromatic N) is 3. The normalized spacial score (nSPS) is 12.2. The van der Waals surface area contributed by atoms with Crippen LogP contribution < -0.4 is 15.5 Å². The Kier molecular flexibility index (Phi) is 14.4. The van der Waals surface area contributed by atoms with Crippen LogP contribution in [0.5, 0.6) is 5.75 Å². The second kappa shape index (κ2) is 18.2. The number of carbonyl (C=O) groups excluding carboxylic acids is 2. The van der Waals surface area contributed by atoms with Gasteiger partial charge in [-0.25, -0.2) is 5.43 Å². The molecule has 0 aromatic heterocycles. The number of hydrazone groups is 1. The molecule has 1 unspecified atom stereocenters. The average Bonchev–Trinajstić information content (AvgIpc) is 3.01. The van der Waals surface area contributed by atoms with Crippen LogP contribution in [0.4, 0.5) is 5.69 Å². The van der Waals surface area contributed by atoms with E-state index in [-0.39, 0.29) is 11.5 Å². The van der Waals surface area contributed by atoms with Crippen LogP contribution in [0.3, 0.4) is 0 Å². The van der Waals surface area contributed by atoms with Crippen LogP contribution in [0.15, 0.2) is 65.8 Å². The number of amides is 2. The van der Waals surface area contributed by atoms with Gasteiger partial charge < -0.3 is 20.1 Å². The summed E-state index contributed by atoms with van der Waals surface area (Å²) >= 11 is 0. The third kappa shape index (κ3) is 11.7. The minimum atomic E-state index is -0.472. The van der Waals surface area contributed by atoms with Crippen molar-refractivity contribution in [1.29, 1.82) is 0 Å². The predicted octanol–water partition coefficient (Wildman–Crippen LogP) is 5.88. The van der Waals surface area contributed by atoms with Crippen LogP contribution in [0.2, 0.25) is 0 Å². The highest BCUT2D eigenvalue weighted by Gasteiger charge is 2.17. The standard InChI is InChI=1S/C37H51N5O4/c1-8-41(9-2)17-18-46-33-15-16-35(34(21-33)37(45)40-38-22-30-14-13-27(5)28(6)19-30)39-36(44)32-12-10-11-31(20-32)25-42(23-26(3)4)24-29(7)43/h10-16,19-22,26,29,43H,8-9,17-18,23-25H2,1-7H3,(H,39,44)(H,40,45). The number of hydrogen-bond acceptors (Lipinski definition) is 7. The maximum Gasteiger partial charge on any atom is 0.273 e. The third-order valence-electron chi connectivity index (χ3n) is 7.71. The molecule has 9 heteroatoms. The highest BCUT2D eigenvalue weighted by atomic mass is 16.5. The van der Waals surface area contributed by atoms with E-state index < -0.39 is 12.0 Å². The van der Waals surface area contributed by atoms with Crippen molar-refractivity contribution in [3.8, 4) is 5.75 Å². The van der Waals surface area contributed by atoms with E-state index in [4.69, 9.17) is 4.74 Å². The van der Waals surface area contributed by atoms with E-state index >= 15 is 0 Å². The highest BCUT2D eigenvalue weighted by molar-refractivity contribution is 6.09. The molecule has 0 aliphatic rings. The second-order valence-corrected chi connectivity index (χ2v) is 12.2. The number of ether oxygens (including phenoxy) is 1. The van der Waals surface area contributed by atoms with Gasteiger partial charge in [-0.2, -0.15) is 5.10 Å². The molecular formula is C37H51N5O4. The Hall–Kier alpha value is -4.05. The van der Waals surface area contributed by atoms with E-state index in [1.807, 2.05) is 50.2 Å². The van der Waals surface area contributed by atoms with E-state index in [2.05, 4.69) is 53.3 Å². The molecular weight excluding hydrogens is 578 g/mol. The van der Waals surface area contributed by atoms with E-state index in [1.165, 1.54) is 5.56 Å². The first-order valence-electron chi connectivity index (χ1n) is 16.2. The number of carbonyl (C=O) groups is 2. The molecule has 3 rings (SSSR count). The van der Waals surface area contributed by atoms with Crippen LogP contribution in [0.25, 0.3) is 0 Å². The molecule has 0 fully saturated rings. The van der Waals surface area contributed by atoms with Crippen LogP contribution in [0.1, 0.15) is 77.6 Å². The molecule has 2 amide bonds. The summed E-state index contributed by atoms with van der Waals surface area (Å²) in [6.45, 7) is 19.4. The van der Waals surface area contributed by atoms with Gasteiger partial charge in [-0.05, 0) is 92.4 Å². The molecule has 0 heterocycles. The van der Waals surface area contributed by atoms with E-state index in [0.717, 1.165) is 42.9 Å². The quantitative estimate of drug-likeness (QED) is 0.127. The average molecular weight is 630 g/mol. The van der Waals surface area contributed by atoms with Crippen molar-refractivity contribution in [2.24, 2.45) is 11.0 Å². The lowest BCUT2D eigenvalue weighted by molar-refractivity contribution is 0.0955. The number of aryl methyl sites for hydroxylation is 2. The van der Waals surface area contributed by atoms with Crippen LogP contribution >= 0.6 is 0 Å². The summed E-state index contributed by atoms with van der Waals surface area (Å²) in [4.78, 5) is 31.3. The zero-order chi connectivity index (χ0) is 33.6. The number of aliphatic hydroxyl groups is 1. The molecule has 0 aliphatic carbocycles.